The third-order valence-corrected chi connectivity index (χ3v) is 2.92. The lowest BCUT2D eigenvalue weighted by Crippen LogP contribution is -2.01. The zero-order valence-electron chi connectivity index (χ0n) is 11.9. The summed E-state index contributed by atoms with van der Waals surface area (Å²) >= 11 is 0. The minimum Gasteiger partial charge on any atom is -0.478 e. The van der Waals surface area contributed by atoms with Gasteiger partial charge < -0.3 is 5.11 Å². The summed E-state index contributed by atoms with van der Waals surface area (Å²) in [6.45, 7) is 10.4. The molecule has 0 spiro atoms. The van der Waals surface area contributed by atoms with Crippen LogP contribution in [0, 0.1) is 26.7 Å². The molecule has 0 aromatic heterocycles. The van der Waals surface area contributed by atoms with Crippen molar-refractivity contribution in [2.75, 3.05) is 0 Å². The van der Waals surface area contributed by atoms with E-state index in [4.69, 9.17) is 5.11 Å². The molecule has 1 N–H and O–H groups in total. The quantitative estimate of drug-likeness (QED) is 0.811. The van der Waals surface area contributed by atoms with Crippen LogP contribution in [0.1, 0.15) is 42.5 Å². The highest BCUT2D eigenvalue weighted by Crippen LogP contribution is 2.29. The highest BCUT2D eigenvalue weighted by Gasteiger charge is 2.12. The Morgan fingerprint density at radius 3 is 2.11 bits per heavy atom. The van der Waals surface area contributed by atoms with Gasteiger partial charge in [0.2, 0.25) is 0 Å². The monoisotopic (exact) mass is 246 g/mol. The summed E-state index contributed by atoms with van der Waals surface area (Å²) in [4.78, 5) is 11.0. The van der Waals surface area contributed by atoms with Crippen LogP contribution in [0.25, 0.3) is 5.57 Å². The molecule has 1 aromatic rings. The van der Waals surface area contributed by atoms with Crippen molar-refractivity contribution in [3.63, 3.8) is 0 Å². The molecule has 0 aliphatic heterocycles. The van der Waals surface area contributed by atoms with E-state index in [-0.39, 0.29) is 0 Å². The minimum absolute atomic E-state index is 0.440. The van der Waals surface area contributed by atoms with Gasteiger partial charge in [0.15, 0.2) is 0 Å². The molecule has 1 aromatic carbocycles. The lowest BCUT2D eigenvalue weighted by Gasteiger charge is -2.16. The van der Waals surface area contributed by atoms with Gasteiger partial charge in [-0.15, -0.1) is 0 Å². The molecule has 0 bridgehead atoms. The van der Waals surface area contributed by atoms with Crippen LogP contribution in [0.4, 0.5) is 0 Å². The van der Waals surface area contributed by atoms with Gasteiger partial charge in [0.1, 0.15) is 0 Å². The zero-order chi connectivity index (χ0) is 13.9. The first-order valence-corrected chi connectivity index (χ1v) is 6.33. The standard InChI is InChI=1S/C16H22O2/c1-10(2)6-14(9-15(17)18)16-12(4)7-11(3)8-13(16)5/h7-10H,6H2,1-5H3,(H,17,18)/b14-9+. The first-order chi connectivity index (χ1) is 8.31. The second-order valence-corrected chi connectivity index (χ2v) is 5.38. The van der Waals surface area contributed by atoms with Crippen molar-refractivity contribution in [1.29, 1.82) is 0 Å². The molecule has 0 unspecified atom stereocenters. The van der Waals surface area contributed by atoms with E-state index in [1.807, 2.05) is 13.8 Å². The topological polar surface area (TPSA) is 37.3 Å². The smallest absolute Gasteiger partial charge is 0.328 e. The van der Waals surface area contributed by atoms with Crippen molar-refractivity contribution in [2.24, 2.45) is 5.92 Å². The Labute approximate surface area is 109 Å². The van der Waals surface area contributed by atoms with Gasteiger partial charge >= 0.3 is 5.97 Å². The number of allylic oxidation sites excluding steroid dienone is 1. The number of carboxylic acid groups (broad SMARTS) is 1. The molecule has 0 radical (unpaired) electrons. The predicted octanol–water partition coefficient (Wildman–Crippen LogP) is 4.13. The highest BCUT2D eigenvalue weighted by molar-refractivity contribution is 5.91. The molecule has 18 heavy (non-hydrogen) atoms. The average molecular weight is 246 g/mol. The molecule has 1 rings (SSSR count). The summed E-state index contributed by atoms with van der Waals surface area (Å²) in [5.74, 6) is -0.430. The van der Waals surface area contributed by atoms with Crippen molar-refractivity contribution in [2.45, 2.75) is 41.0 Å². The van der Waals surface area contributed by atoms with E-state index in [1.54, 1.807) is 0 Å². The van der Waals surface area contributed by atoms with E-state index in [1.165, 1.54) is 11.6 Å². The number of carboxylic acids is 1. The Morgan fingerprint density at radius 2 is 1.72 bits per heavy atom. The molecule has 98 valence electrons. The van der Waals surface area contributed by atoms with Crippen LogP contribution in [0.5, 0.6) is 0 Å². The summed E-state index contributed by atoms with van der Waals surface area (Å²) in [5.41, 5.74) is 5.54. The lowest BCUT2D eigenvalue weighted by molar-refractivity contribution is -0.131. The van der Waals surface area contributed by atoms with Gasteiger partial charge in [0.25, 0.3) is 0 Å². The van der Waals surface area contributed by atoms with Crippen molar-refractivity contribution in [1.82, 2.24) is 0 Å². The molecular formula is C16H22O2. The van der Waals surface area contributed by atoms with Crippen molar-refractivity contribution in [3.8, 4) is 0 Å². The van der Waals surface area contributed by atoms with E-state index in [0.717, 1.165) is 28.7 Å². The molecule has 0 aliphatic carbocycles. The number of hydrogen-bond donors (Lipinski definition) is 1. The molecule has 0 aliphatic rings. The Hall–Kier alpha value is -1.57. The summed E-state index contributed by atoms with van der Waals surface area (Å²) in [6.07, 6.45) is 2.14. The SMILES string of the molecule is Cc1cc(C)c(/C(=C/C(=O)O)CC(C)C)c(C)c1. The highest BCUT2D eigenvalue weighted by atomic mass is 16.4. The Balaban J connectivity index is 3.34. The predicted molar refractivity (Wildman–Crippen MR) is 75.7 cm³/mol. The number of benzene rings is 1. The molecule has 0 saturated carbocycles. The van der Waals surface area contributed by atoms with Crippen LogP contribution >= 0.6 is 0 Å². The van der Waals surface area contributed by atoms with Gasteiger partial charge in [0, 0.05) is 6.08 Å². The summed E-state index contributed by atoms with van der Waals surface area (Å²) in [5, 5.41) is 9.02. The maximum atomic E-state index is 11.0. The second kappa shape index (κ2) is 5.85. The summed E-state index contributed by atoms with van der Waals surface area (Å²) in [7, 11) is 0. The maximum Gasteiger partial charge on any atom is 0.328 e. The maximum absolute atomic E-state index is 11.0. The lowest BCUT2D eigenvalue weighted by atomic mass is 9.89. The minimum atomic E-state index is -0.870. The fraction of sp³-hybridized carbons (Fsp3) is 0.438. The van der Waals surface area contributed by atoms with Gasteiger partial charge in [-0.1, -0.05) is 31.5 Å². The molecule has 2 nitrogen and oxygen atoms in total. The Bertz CT molecular complexity index is 459. The number of carbonyl (C=O) groups is 1. The first-order valence-electron chi connectivity index (χ1n) is 6.33. The van der Waals surface area contributed by atoms with Crippen molar-refractivity contribution in [3.05, 3.63) is 40.5 Å². The fourth-order valence-electron chi connectivity index (χ4n) is 2.51. The summed E-state index contributed by atoms with van der Waals surface area (Å²) < 4.78 is 0. The van der Waals surface area contributed by atoms with Crippen LogP contribution in [-0.4, -0.2) is 11.1 Å². The number of hydrogen-bond acceptors (Lipinski definition) is 1. The molecule has 0 amide bonds. The normalized spacial score (nSPS) is 12.0. The van der Waals surface area contributed by atoms with Gasteiger partial charge in [-0.25, -0.2) is 4.79 Å². The van der Waals surface area contributed by atoms with Crippen LogP contribution in [0.15, 0.2) is 18.2 Å². The third kappa shape index (κ3) is 3.73. The molecule has 2 heteroatoms. The van der Waals surface area contributed by atoms with E-state index in [2.05, 4.69) is 32.9 Å². The average Bonchev–Trinajstić information content (AvgIpc) is 2.12. The fourth-order valence-corrected chi connectivity index (χ4v) is 2.51. The van der Waals surface area contributed by atoms with Crippen LogP contribution < -0.4 is 0 Å². The van der Waals surface area contributed by atoms with Crippen molar-refractivity contribution >= 4 is 11.5 Å². The molecular weight excluding hydrogens is 224 g/mol. The van der Waals surface area contributed by atoms with E-state index in [0.29, 0.717) is 5.92 Å². The van der Waals surface area contributed by atoms with E-state index in [9.17, 15) is 4.79 Å². The van der Waals surface area contributed by atoms with E-state index >= 15 is 0 Å². The number of aliphatic carboxylic acids is 1. The van der Waals surface area contributed by atoms with Crippen LogP contribution in [-0.2, 0) is 4.79 Å². The zero-order valence-corrected chi connectivity index (χ0v) is 11.9. The Kier molecular flexibility index (Phi) is 4.71. The molecule has 0 atom stereocenters. The second-order valence-electron chi connectivity index (χ2n) is 5.38. The van der Waals surface area contributed by atoms with Gasteiger partial charge in [-0.2, -0.15) is 0 Å². The molecule has 0 fully saturated rings. The van der Waals surface area contributed by atoms with E-state index < -0.39 is 5.97 Å². The van der Waals surface area contributed by atoms with Crippen LogP contribution in [0.3, 0.4) is 0 Å². The van der Waals surface area contributed by atoms with Crippen molar-refractivity contribution < 1.29 is 9.90 Å². The third-order valence-electron chi connectivity index (χ3n) is 2.92. The van der Waals surface area contributed by atoms with Crippen LogP contribution in [0.2, 0.25) is 0 Å². The summed E-state index contributed by atoms with van der Waals surface area (Å²) in [6, 6.07) is 4.22. The Morgan fingerprint density at radius 1 is 1.22 bits per heavy atom. The molecule has 0 saturated heterocycles. The van der Waals surface area contributed by atoms with Gasteiger partial charge in [0.05, 0.1) is 0 Å². The first kappa shape index (κ1) is 14.5. The largest absolute Gasteiger partial charge is 0.478 e. The number of aryl methyl sites for hydroxylation is 3. The molecule has 0 heterocycles. The van der Waals surface area contributed by atoms with Gasteiger partial charge in [-0.05, 0) is 55.4 Å². The van der Waals surface area contributed by atoms with Gasteiger partial charge in [-0.3, -0.25) is 0 Å². The number of rotatable bonds is 4.